The number of benzene rings is 1. The van der Waals surface area contributed by atoms with Crippen LogP contribution in [-0.2, 0) is 4.79 Å². The number of pyridine rings is 2. The average molecular weight is 695 g/mol. The number of amides is 2. The first-order chi connectivity index (χ1) is 23.7. The van der Waals surface area contributed by atoms with Gasteiger partial charge in [0.2, 0.25) is 5.91 Å². The summed E-state index contributed by atoms with van der Waals surface area (Å²) < 4.78 is 33.6. The molecule has 1 saturated heterocycles. The Morgan fingerprint density at radius 1 is 1.12 bits per heavy atom. The molecule has 1 aliphatic rings. The number of nitrogens with zero attached hydrogens (tertiary/aromatic N) is 6. The number of methoxy groups -OCH3 is 1. The van der Waals surface area contributed by atoms with Gasteiger partial charge in [-0.25, -0.2) is 23.7 Å². The molecule has 1 aromatic carbocycles. The van der Waals surface area contributed by atoms with Crippen molar-refractivity contribution < 1.29 is 33.3 Å². The van der Waals surface area contributed by atoms with Crippen LogP contribution in [0.3, 0.4) is 0 Å². The number of anilines is 5. The summed E-state index contributed by atoms with van der Waals surface area (Å²) >= 11 is 0.950. The number of hydrogen-bond donors (Lipinski definition) is 4. The molecule has 4 heterocycles. The first-order valence-electron chi connectivity index (χ1n) is 15.4. The minimum atomic E-state index is -0.902. The molecule has 16 heteroatoms. The van der Waals surface area contributed by atoms with Crippen LogP contribution in [0.4, 0.5) is 36.9 Å². The number of para-hydroxylation sites is 1. The van der Waals surface area contributed by atoms with Crippen molar-refractivity contribution in [3.63, 3.8) is 0 Å². The van der Waals surface area contributed by atoms with Crippen LogP contribution in [0.5, 0.6) is 5.75 Å². The van der Waals surface area contributed by atoms with E-state index < -0.39 is 23.2 Å². The van der Waals surface area contributed by atoms with Gasteiger partial charge in [0.05, 0.1) is 37.9 Å². The second-order valence-electron chi connectivity index (χ2n) is 11.0. The van der Waals surface area contributed by atoms with Gasteiger partial charge in [-0.15, -0.1) is 0 Å². The summed E-state index contributed by atoms with van der Waals surface area (Å²) in [5.41, 5.74) is 1.26. The predicted octanol–water partition coefficient (Wildman–Crippen LogP) is 3.90. The highest BCUT2D eigenvalue weighted by Crippen LogP contribution is 2.36. The molecular formula is C33H36F2N8O5S. The molecule has 0 radical (unpaired) electrons. The quantitative estimate of drug-likeness (QED) is 0.151. The van der Waals surface area contributed by atoms with Crippen LogP contribution >= 0.6 is 11.3 Å². The maximum Gasteiger partial charge on any atom is 0.267 e. The monoisotopic (exact) mass is 694 g/mol. The van der Waals surface area contributed by atoms with Crippen molar-refractivity contribution >= 4 is 51.3 Å². The van der Waals surface area contributed by atoms with E-state index in [1.54, 1.807) is 23.2 Å². The van der Waals surface area contributed by atoms with E-state index in [-0.39, 0.29) is 54.1 Å². The van der Waals surface area contributed by atoms with Gasteiger partial charge in [-0.05, 0) is 43.3 Å². The third kappa shape index (κ3) is 7.93. The van der Waals surface area contributed by atoms with Crippen molar-refractivity contribution in [2.24, 2.45) is 0 Å². The van der Waals surface area contributed by atoms with Crippen LogP contribution in [0.2, 0.25) is 0 Å². The number of aliphatic hydroxyl groups is 2. The molecule has 49 heavy (non-hydrogen) atoms. The van der Waals surface area contributed by atoms with Gasteiger partial charge in [0.25, 0.3) is 5.91 Å². The summed E-state index contributed by atoms with van der Waals surface area (Å²) in [4.78, 5) is 44.6. The molecule has 2 amide bonds. The molecular weight excluding hydrogens is 658 g/mol. The maximum absolute atomic E-state index is 14.1. The normalized spacial score (nSPS) is 14.4. The molecule has 4 aromatic rings. The Hall–Kier alpha value is -5.19. The van der Waals surface area contributed by atoms with Gasteiger partial charge in [0.1, 0.15) is 22.2 Å². The number of piperazine rings is 1. The molecule has 0 aliphatic carbocycles. The summed E-state index contributed by atoms with van der Waals surface area (Å²) in [5.74, 6) is -1.37. The van der Waals surface area contributed by atoms with Gasteiger partial charge in [-0.1, -0.05) is 24.0 Å². The number of ether oxygens (including phenoxy) is 1. The molecule has 1 atom stereocenters. The summed E-state index contributed by atoms with van der Waals surface area (Å²) in [6.07, 6.45) is 4.25. The Balaban J connectivity index is 1.43. The molecule has 1 unspecified atom stereocenters. The topological polar surface area (TPSA) is 156 Å². The number of aliphatic hydroxyl groups excluding tert-OH is 2. The maximum atomic E-state index is 14.1. The van der Waals surface area contributed by atoms with Crippen LogP contribution in [0.15, 0.2) is 61.4 Å². The Morgan fingerprint density at radius 2 is 1.86 bits per heavy atom. The molecule has 3 aromatic heterocycles. The van der Waals surface area contributed by atoms with E-state index in [4.69, 9.17) is 14.7 Å². The second-order valence-corrected chi connectivity index (χ2v) is 12.0. The van der Waals surface area contributed by atoms with Crippen molar-refractivity contribution in [2.45, 2.75) is 13.0 Å². The van der Waals surface area contributed by atoms with Crippen molar-refractivity contribution in [1.82, 2.24) is 19.9 Å². The molecule has 258 valence electrons. The highest BCUT2D eigenvalue weighted by atomic mass is 32.1. The Bertz CT molecular complexity index is 1800. The van der Waals surface area contributed by atoms with Gasteiger partial charge in [0, 0.05) is 50.5 Å². The Morgan fingerprint density at radius 3 is 2.51 bits per heavy atom. The van der Waals surface area contributed by atoms with Gasteiger partial charge < -0.3 is 40.3 Å². The number of aromatic nitrogens is 3. The number of thiazole rings is 1. The highest BCUT2D eigenvalue weighted by Gasteiger charge is 2.29. The SMILES string of the molecule is C=CC(=O)N1CCN(c2ncc(-c3ccc(OC)c(Nc4ncc(C(=O)Nc5c(F)cccc5F)s4)n3)cc2N(CCO)CCO)CC1C. The third-order valence-electron chi connectivity index (χ3n) is 7.84. The standard InChI is InChI=1S/C33H36F2N8O5S/c1-4-28(46)43-11-10-42(19-20(43)2)31-25(41(12-14-44)13-15-45)16-21(17-36-31)24-8-9-26(48-3)30(38-24)40-33-37-18-27(49-33)32(47)39-29-22(34)6-5-7-23(29)35/h4-9,16-18,20,44-45H,1,10-15,19H2,2-3H3,(H,39,47)(H,37,38,40). The van der Waals surface area contributed by atoms with E-state index in [2.05, 4.69) is 27.1 Å². The van der Waals surface area contributed by atoms with E-state index in [1.165, 1.54) is 25.4 Å². The third-order valence-corrected chi connectivity index (χ3v) is 8.75. The lowest BCUT2D eigenvalue weighted by atomic mass is 10.1. The van der Waals surface area contributed by atoms with E-state index >= 15 is 0 Å². The highest BCUT2D eigenvalue weighted by molar-refractivity contribution is 7.17. The minimum absolute atomic E-state index is 0.0987. The molecule has 1 fully saturated rings. The molecule has 0 spiro atoms. The summed E-state index contributed by atoms with van der Waals surface area (Å²) in [6.45, 7) is 7.26. The minimum Gasteiger partial charge on any atom is -0.493 e. The van der Waals surface area contributed by atoms with Crippen molar-refractivity contribution in [2.75, 3.05) is 73.5 Å². The lowest BCUT2D eigenvalue weighted by Gasteiger charge is -2.41. The smallest absolute Gasteiger partial charge is 0.267 e. The van der Waals surface area contributed by atoms with Crippen LogP contribution in [0.25, 0.3) is 11.3 Å². The zero-order valence-corrected chi connectivity index (χ0v) is 27.7. The number of carbonyl (C=O) groups excluding carboxylic acids is 2. The molecule has 5 rings (SSSR count). The number of halogens is 2. The number of hydrogen-bond acceptors (Lipinski definition) is 12. The number of nitrogens with one attached hydrogen (secondary N) is 2. The fraction of sp³-hybridized carbons (Fsp3) is 0.303. The zero-order valence-electron chi connectivity index (χ0n) is 26.9. The number of rotatable bonds is 13. The van der Waals surface area contributed by atoms with Crippen LogP contribution in [0, 0.1) is 11.6 Å². The summed E-state index contributed by atoms with van der Waals surface area (Å²) in [7, 11) is 1.48. The van der Waals surface area contributed by atoms with Gasteiger partial charge >= 0.3 is 0 Å². The van der Waals surface area contributed by atoms with Crippen molar-refractivity contribution in [3.8, 4) is 17.0 Å². The average Bonchev–Trinajstić information content (AvgIpc) is 3.58. The van der Waals surface area contributed by atoms with Crippen LogP contribution < -0.4 is 25.2 Å². The van der Waals surface area contributed by atoms with Gasteiger partial charge in [-0.2, -0.15) is 0 Å². The van der Waals surface area contributed by atoms with E-state index in [0.29, 0.717) is 48.1 Å². The van der Waals surface area contributed by atoms with Gasteiger partial charge in [-0.3, -0.25) is 9.59 Å². The fourth-order valence-corrected chi connectivity index (χ4v) is 6.15. The first-order valence-corrected chi connectivity index (χ1v) is 16.2. The molecule has 1 aliphatic heterocycles. The first kappa shape index (κ1) is 35.1. The largest absolute Gasteiger partial charge is 0.493 e. The molecule has 0 bridgehead atoms. The van der Waals surface area contributed by atoms with Gasteiger partial charge in [0.15, 0.2) is 22.5 Å². The molecule has 13 nitrogen and oxygen atoms in total. The fourth-order valence-electron chi connectivity index (χ4n) is 5.44. The predicted molar refractivity (Wildman–Crippen MR) is 184 cm³/mol. The van der Waals surface area contributed by atoms with Crippen LogP contribution in [0.1, 0.15) is 16.6 Å². The van der Waals surface area contributed by atoms with Crippen LogP contribution in [-0.4, -0.2) is 101 Å². The van der Waals surface area contributed by atoms with E-state index in [1.807, 2.05) is 17.9 Å². The Labute approximate surface area is 285 Å². The lowest BCUT2D eigenvalue weighted by molar-refractivity contribution is -0.128. The van der Waals surface area contributed by atoms with E-state index in [9.17, 15) is 28.6 Å². The summed E-state index contributed by atoms with van der Waals surface area (Å²) in [6, 6.07) is 8.52. The van der Waals surface area contributed by atoms with Crippen molar-refractivity contribution in [3.05, 3.63) is 78.0 Å². The Kier molecular flexibility index (Phi) is 11.3. The second kappa shape index (κ2) is 15.8. The lowest BCUT2D eigenvalue weighted by Crippen LogP contribution is -2.54. The molecule has 0 saturated carbocycles. The summed E-state index contributed by atoms with van der Waals surface area (Å²) in [5, 5.41) is 25.3. The zero-order chi connectivity index (χ0) is 35.1. The number of carbonyl (C=O) groups is 2. The molecule has 4 N–H and O–H groups in total. The van der Waals surface area contributed by atoms with Crippen molar-refractivity contribution in [1.29, 1.82) is 0 Å². The van der Waals surface area contributed by atoms with E-state index in [0.717, 1.165) is 23.5 Å².